The van der Waals surface area contributed by atoms with E-state index in [0.29, 0.717) is 10.1 Å². The third kappa shape index (κ3) is 4.20. The van der Waals surface area contributed by atoms with Gasteiger partial charge in [-0.15, -0.1) is 21.5 Å². The Labute approximate surface area is 129 Å². The molecule has 21 heavy (non-hydrogen) atoms. The minimum atomic E-state index is -3.65. The maximum absolute atomic E-state index is 11.8. The lowest BCUT2D eigenvalue weighted by Crippen LogP contribution is -2.37. The first-order valence-electron chi connectivity index (χ1n) is 5.80. The molecule has 11 heteroatoms. The second-order valence-electron chi connectivity index (χ2n) is 4.02. The summed E-state index contributed by atoms with van der Waals surface area (Å²) in [4.78, 5) is 11.7. The van der Waals surface area contributed by atoms with Crippen LogP contribution in [0.4, 0.5) is 5.13 Å². The molecule has 0 spiro atoms. The maximum Gasteiger partial charge on any atom is 0.250 e. The van der Waals surface area contributed by atoms with Gasteiger partial charge in [0.1, 0.15) is 9.22 Å². The largest absolute Gasteiger partial charge is 0.374 e. The normalized spacial score (nSPS) is 13.0. The van der Waals surface area contributed by atoms with E-state index in [-0.39, 0.29) is 10.8 Å². The van der Waals surface area contributed by atoms with Crippen LogP contribution in [0.25, 0.3) is 0 Å². The van der Waals surface area contributed by atoms with Crippen molar-refractivity contribution in [2.75, 3.05) is 12.3 Å². The van der Waals surface area contributed by atoms with E-state index in [1.807, 2.05) is 0 Å². The minimum Gasteiger partial charge on any atom is -0.374 e. The highest BCUT2D eigenvalue weighted by molar-refractivity contribution is 7.91. The molecule has 2 heterocycles. The molecule has 114 valence electrons. The van der Waals surface area contributed by atoms with Crippen molar-refractivity contribution in [2.45, 2.75) is 17.2 Å². The van der Waals surface area contributed by atoms with Crippen molar-refractivity contribution < 1.29 is 13.2 Å². The number of sulfonamides is 1. The molecule has 0 aromatic carbocycles. The van der Waals surface area contributed by atoms with Crippen molar-refractivity contribution >= 4 is 43.7 Å². The Morgan fingerprint density at radius 1 is 1.48 bits per heavy atom. The van der Waals surface area contributed by atoms with Gasteiger partial charge in [0.05, 0.1) is 12.6 Å². The van der Waals surface area contributed by atoms with Crippen LogP contribution in [0, 0.1) is 0 Å². The summed E-state index contributed by atoms with van der Waals surface area (Å²) in [6.45, 7) is 1.37. The summed E-state index contributed by atoms with van der Waals surface area (Å²) in [6, 6.07) is 2.71. The molecule has 2 rings (SSSR count). The lowest BCUT2D eigenvalue weighted by Gasteiger charge is -2.11. The number of rotatable bonds is 6. The first kappa shape index (κ1) is 15.8. The fourth-order valence-corrected chi connectivity index (χ4v) is 4.06. The molecule has 8 nitrogen and oxygen atoms in total. The molecular formula is C10H13N5O3S3. The number of aromatic nitrogens is 2. The van der Waals surface area contributed by atoms with E-state index >= 15 is 0 Å². The summed E-state index contributed by atoms with van der Waals surface area (Å²) < 4.78 is 26.1. The van der Waals surface area contributed by atoms with Crippen LogP contribution in [0.2, 0.25) is 0 Å². The van der Waals surface area contributed by atoms with Crippen LogP contribution in [0.5, 0.6) is 0 Å². The first-order valence-corrected chi connectivity index (χ1v) is 8.98. The zero-order valence-electron chi connectivity index (χ0n) is 10.9. The molecule has 0 aliphatic rings. The van der Waals surface area contributed by atoms with Crippen LogP contribution in [-0.4, -0.2) is 31.1 Å². The first-order chi connectivity index (χ1) is 9.88. The van der Waals surface area contributed by atoms with Gasteiger partial charge in [0, 0.05) is 0 Å². The molecule has 0 aliphatic carbocycles. The number of thiophene rings is 1. The fourth-order valence-electron chi connectivity index (χ4n) is 1.42. The Bertz CT molecular complexity index is 710. The van der Waals surface area contributed by atoms with Gasteiger partial charge in [-0.2, -0.15) is 0 Å². The molecule has 0 radical (unpaired) electrons. The highest BCUT2D eigenvalue weighted by Gasteiger charge is 2.18. The van der Waals surface area contributed by atoms with Gasteiger partial charge < -0.3 is 11.1 Å². The zero-order chi connectivity index (χ0) is 15.5. The van der Waals surface area contributed by atoms with Crippen LogP contribution in [-0.2, 0) is 14.8 Å². The predicted octanol–water partition coefficient (Wildman–Crippen LogP) is 0.337. The maximum atomic E-state index is 11.8. The monoisotopic (exact) mass is 347 g/mol. The quantitative estimate of drug-likeness (QED) is 0.691. The number of hydrogen-bond acceptors (Lipinski definition) is 8. The Morgan fingerprint density at radius 2 is 2.24 bits per heavy atom. The van der Waals surface area contributed by atoms with Gasteiger partial charge in [-0.1, -0.05) is 17.4 Å². The minimum absolute atomic E-state index is 0.167. The van der Waals surface area contributed by atoms with Gasteiger partial charge in [-0.25, -0.2) is 13.1 Å². The second-order valence-corrected chi connectivity index (χ2v) is 8.01. The van der Waals surface area contributed by atoms with E-state index in [1.165, 1.54) is 6.07 Å². The molecule has 4 N–H and O–H groups in total. The van der Waals surface area contributed by atoms with Crippen molar-refractivity contribution in [1.29, 1.82) is 0 Å². The number of hydrogen-bond donors (Lipinski definition) is 3. The molecular weight excluding hydrogens is 334 g/mol. The van der Waals surface area contributed by atoms with Crippen molar-refractivity contribution in [3.8, 4) is 0 Å². The lowest BCUT2D eigenvalue weighted by atomic mass is 10.3. The van der Waals surface area contributed by atoms with E-state index in [4.69, 9.17) is 5.73 Å². The molecule has 0 aliphatic heterocycles. The smallest absolute Gasteiger partial charge is 0.250 e. The van der Waals surface area contributed by atoms with Crippen LogP contribution in [0.15, 0.2) is 21.7 Å². The summed E-state index contributed by atoms with van der Waals surface area (Å²) in [5, 5.41) is 12.6. The van der Waals surface area contributed by atoms with Gasteiger partial charge >= 0.3 is 0 Å². The van der Waals surface area contributed by atoms with Gasteiger partial charge in [0.2, 0.25) is 11.0 Å². The molecule has 0 fully saturated rings. The molecule has 0 saturated carbocycles. The van der Waals surface area contributed by atoms with Crippen molar-refractivity contribution in [1.82, 2.24) is 20.2 Å². The standard InChI is InChI=1S/C10H13N5O3S3/c1-6(9-14-15-10(11)20-9)13-7(16)5-12-21(17,18)8-3-2-4-19-8/h2-4,6,12H,5H2,1H3,(H2,11,15)(H,13,16)/t6-/m0/s1. The average molecular weight is 347 g/mol. The van der Waals surface area contributed by atoms with Gasteiger partial charge in [-0.3, -0.25) is 4.79 Å². The molecule has 2 aromatic rings. The van der Waals surface area contributed by atoms with Crippen LogP contribution >= 0.6 is 22.7 Å². The Morgan fingerprint density at radius 3 is 2.81 bits per heavy atom. The SMILES string of the molecule is C[C@H](NC(=O)CNS(=O)(=O)c1cccs1)c1nnc(N)s1. The lowest BCUT2D eigenvalue weighted by molar-refractivity contribution is -0.120. The predicted molar refractivity (Wildman–Crippen MR) is 80.4 cm³/mol. The second kappa shape index (κ2) is 6.47. The van der Waals surface area contributed by atoms with Crippen LogP contribution in [0.3, 0.4) is 0 Å². The average Bonchev–Trinajstić information content (AvgIpc) is 3.07. The summed E-state index contributed by atoms with van der Waals surface area (Å²) in [5.41, 5.74) is 5.46. The topological polar surface area (TPSA) is 127 Å². The summed E-state index contributed by atoms with van der Waals surface area (Å²) in [7, 11) is -3.65. The Balaban J connectivity index is 1.88. The molecule has 0 saturated heterocycles. The molecule has 1 amide bonds. The summed E-state index contributed by atoms with van der Waals surface area (Å²) >= 11 is 2.25. The zero-order valence-corrected chi connectivity index (χ0v) is 13.4. The van der Waals surface area contributed by atoms with E-state index in [1.54, 1.807) is 18.4 Å². The summed E-state index contributed by atoms with van der Waals surface area (Å²) in [5.74, 6) is -0.462. The highest BCUT2D eigenvalue weighted by atomic mass is 32.2. The van der Waals surface area contributed by atoms with E-state index in [9.17, 15) is 13.2 Å². The number of nitrogens with one attached hydrogen (secondary N) is 2. The molecule has 0 bridgehead atoms. The number of carbonyl (C=O) groups excluding carboxylic acids is 1. The molecule has 1 atom stereocenters. The fraction of sp³-hybridized carbons (Fsp3) is 0.300. The number of carbonyl (C=O) groups is 1. The van der Waals surface area contributed by atoms with Crippen molar-refractivity contribution in [2.24, 2.45) is 0 Å². The van der Waals surface area contributed by atoms with Gasteiger partial charge in [-0.05, 0) is 18.4 Å². The number of nitrogens with two attached hydrogens (primary N) is 1. The highest BCUT2D eigenvalue weighted by Crippen LogP contribution is 2.18. The number of nitrogen functional groups attached to an aromatic ring is 1. The molecule has 0 unspecified atom stereocenters. The van der Waals surface area contributed by atoms with Crippen LogP contribution in [0.1, 0.15) is 18.0 Å². The third-order valence-electron chi connectivity index (χ3n) is 2.39. The summed E-state index contributed by atoms with van der Waals surface area (Å²) in [6.07, 6.45) is 0. The van der Waals surface area contributed by atoms with E-state index < -0.39 is 22.0 Å². The molecule has 2 aromatic heterocycles. The number of nitrogens with zero attached hydrogens (tertiary/aromatic N) is 2. The van der Waals surface area contributed by atoms with Crippen molar-refractivity contribution in [3.63, 3.8) is 0 Å². The Hall–Kier alpha value is -1.56. The van der Waals surface area contributed by atoms with Crippen molar-refractivity contribution in [3.05, 3.63) is 22.5 Å². The number of anilines is 1. The van der Waals surface area contributed by atoms with E-state index in [0.717, 1.165) is 22.7 Å². The number of amides is 1. The third-order valence-corrected chi connectivity index (χ3v) is 6.12. The Kier molecular flexibility index (Phi) is 4.88. The van der Waals surface area contributed by atoms with E-state index in [2.05, 4.69) is 20.2 Å². The van der Waals surface area contributed by atoms with Crippen LogP contribution < -0.4 is 15.8 Å². The van der Waals surface area contributed by atoms with Gasteiger partial charge in [0.15, 0.2) is 0 Å². The van der Waals surface area contributed by atoms with Gasteiger partial charge in [0.25, 0.3) is 10.0 Å².